The van der Waals surface area contributed by atoms with Crippen molar-refractivity contribution in [3.05, 3.63) is 35.5 Å². The lowest BCUT2D eigenvalue weighted by Gasteiger charge is -2.43. The summed E-state index contributed by atoms with van der Waals surface area (Å²) in [6.07, 6.45) is 0.716. The molecule has 1 aromatic carbocycles. The van der Waals surface area contributed by atoms with Gasteiger partial charge < -0.3 is 10.1 Å². The van der Waals surface area contributed by atoms with E-state index in [1.54, 1.807) is 4.90 Å². The fourth-order valence-corrected chi connectivity index (χ4v) is 3.14. The molecule has 2 N–H and O–H groups in total. The van der Waals surface area contributed by atoms with E-state index in [-0.39, 0.29) is 5.54 Å². The molecule has 3 rings (SSSR count). The molecule has 1 aliphatic rings. The number of aliphatic hydroxyl groups excluding tert-OH is 1. The summed E-state index contributed by atoms with van der Waals surface area (Å²) >= 11 is 0. The summed E-state index contributed by atoms with van der Waals surface area (Å²) in [5.74, 6) is -3.07. The minimum absolute atomic E-state index is 0.365. The maximum absolute atomic E-state index is 13.6. The van der Waals surface area contributed by atoms with Crippen LogP contribution in [-0.2, 0) is 13.0 Å². The Balaban J connectivity index is 1.97. The highest BCUT2D eigenvalue weighted by Gasteiger charge is 2.40. The van der Waals surface area contributed by atoms with Crippen LogP contribution in [-0.4, -0.2) is 39.6 Å². The van der Waals surface area contributed by atoms with E-state index in [0.29, 0.717) is 13.0 Å². The van der Waals surface area contributed by atoms with Crippen LogP contribution in [0.5, 0.6) is 0 Å². The Bertz CT molecular complexity index is 663. The molecule has 0 saturated carbocycles. The van der Waals surface area contributed by atoms with Gasteiger partial charge in [0.15, 0.2) is 0 Å². The first-order valence-corrected chi connectivity index (χ1v) is 7.15. The fraction of sp³-hybridized carbons (Fsp3) is 0.500. The van der Waals surface area contributed by atoms with E-state index in [2.05, 4.69) is 11.1 Å². The minimum atomic E-state index is -3.07. The Morgan fingerprint density at radius 1 is 1.33 bits per heavy atom. The maximum Gasteiger partial charge on any atom is 0.283 e. The molecule has 0 radical (unpaired) electrons. The summed E-state index contributed by atoms with van der Waals surface area (Å²) in [5, 5.41) is 10.00. The maximum atomic E-state index is 13.6. The second-order valence-corrected chi connectivity index (χ2v) is 6.49. The van der Waals surface area contributed by atoms with Crippen LogP contribution >= 0.6 is 0 Å². The van der Waals surface area contributed by atoms with Gasteiger partial charge in [0.25, 0.3) is 5.92 Å². The molecule has 0 bridgehead atoms. The molecule has 1 aromatic heterocycles. The van der Waals surface area contributed by atoms with Crippen LogP contribution in [0.2, 0.25) is 0 Å². The van der Waals surface area contributed by atoms with Crippen LogP contribution in [0.1, 0.15) is 25.1 Å². The molecule has 0 spiro atoms. The number of benzene rings is 1. The number of aromatic nitrogens is 1. The van der Waals surface area contributed by atoms with Crippen molar-refractivity contribution in [3.63, 3.8) is 0 Å². The average molecular weight is 294 g/mol. The summed E-state index contributed by atoms with van der Waals surface area (Å²) in [4.78, 5) is 5.09. The molecule has 114 valence electrons. The quantitative estimate of drug-likeness (QED) is 0.913. The van der Waals surface area contributed by atoms with Crippen molar-refractivity contribution < 1.29 is 13.9 Å². The predicted octanol–water partition coefficient (Wildman–Crippen LogP) is 2.93. The van der Waals surface area contributed by atoms with E-state index in [1.165, 1.54) is 10.9 Å². The van der Waals surface area contributed by atoms with E-state index >= 15 is 0 Å². The Morgan fingerprint density at radius 2 is 2.05 bits per heavy atom. The van der Waals surface area contributed by atoms with Crippen molar-refractivity contribution in [2.75, 3.05) is 13.2 Å². The lowest BCUT2D eigenvalue weighted by atomic mass is 9.87. The molecule has 0 amide bonds. The smallest absolute Gasteiger partial charge is 0.283 e. The fourth-order valence-electron chi connectivity index (χ4n) is 3.14. The van der Waals surface area contributed by atoms with Gasteiger partial charge in [0.2, 0.25) is 0 Å². The third kappa shape index (κ3) is 2.56. The number of hydrogen-bond acceptors (Lipinski definition) is 2. The van der Waals surface area contributed by atoms with Gasteiger partial charge in [-0.15, -0.1) is 0 Å². The van der Waals surface area contributed by atoms with Gasteiger partial charge in [-0.1, -0.05) is 18.2 Å². The highest BCUT2D eigenvalue weighted by Crippen LogP contribution is 2.36. The van der Waals surface area contributed by atoms with Gasteiger partial charge in [0, 0.05) is 28.7 Å². The third-order valence-corrected chi connectivity index (χ3v) is 4.37. The van der Waals surface area contributed by atoms with Crippen LogP contribution < -0.4 is 0 Å². The van der Waals surface area contributed by atoms with Crippen LogP contribution in [0.3, 0.4) is 0 Å². The summed E-state index contributed by atoms with van der Waals surface area (Å²) in [7, 11) is 0. The number of nitrogens with zero attached hydrogens (tertiary/aromatic N) is 1. The van der Waals surface area contributed by atoms with E-state index in [1.807, 2.05) is 32.0 Å². The topological polar surface area (TPSA) is 39.3 Å². The zero-order valence-corrected chi connectivity index (χ0v) is 12.3. The molecule has 5 heteroatoms. The number of alkyl halides is 2. The first kappa shape index (κ1) is 14.5. The van der Waals surface area contributed by atoms with Crippen molar-refractivity contribution >= 4 is 10.9 Å². The Labute approximate surface area is 122 Å². The second kappa shape index (κ2) is 4.78. The van der Waals surface area contributed by atoms with Gasteiger partial charge in [0.05, 0.1) is 6.54 Å². The lowest BCUT2D eigenvalue weighted by molar-refractivity contribution is -0.0941. The summed E-state index contributed by atoms with van der Waals surface area (Å²) in [6.45, 7) is 2.87. The Hall–Kier alpha value is -1.46. The van der Waals surface area contributed by atoms with Gasteiger partial charge in [-0.2, -0.15) is 0 Å². The molecule has 2 heterocycles. The van der Waals surface area contributed by atoms with Gasteiger partial charge in [-0.05, 0) is 31.9 Å². The molecular weight excluding hydrogens is 274 g/mol. The molecule has 1 aliphatic heterocycles. The molecule has 0 fully saturated rings. The van der Waals surface area contributed by atoms with Crippen molar-refractivity contribution in [2.24, 2.45) is 0 Å². The number of hydrogen-bond donors (Lipinski definition) is 2. The molecule has 0 unspecified atom stereocenters. The van der Waals surface area contributed by atoms with Crippen molar-refractivity contribution in [2.45, 2.75) is 38.3 Å². The first-order chi connectivity index (χ1) is 9.82. The number of nitrogens with one attached hydrogen (secondary N) is 1. The normalized spacial score (nSPS) is 18.9. The standard InChI is InChI=1S/C16H20F2N2O/c1-15(2)7-12-11-5-3-4-6-13(11)19-14(12)8-20(15)9-16(17,18)10-21/h3-6,19,21H,7-10H2,1-2H3. The average Bonchev–Trinajstić information content (AvgIpc) is 2.76. The van der Waals surface area contributed by atoms with Crippen LogP contribution in [0.25, 0.3) is 10.9 Å². The summed E-state index contributed by atoms with van der Waals surface area (Å²) in [6, 6.07) is 8.04. The van der Waals surface area contributed by atoms with Crippen molar-refractivity contribution in [1.82, 2.24) is 9.88 Å². The van der Waals surface area contributed by atoms with E-state index < -0.39 is 19.1 Å². The molecule has 21 heavy (non-hydrogen) atoms. The number of para-hydroxylation sites is 1. The molecule has 2 aromatic rings. The third-order valence-electron chi connectivity index (χ3n) is 4.37. The van der Waals surface area contributed by atoms with E-state index in [0.717, 1.165) is 11.2 Å². The zero-order valence-electron chi connectivity index (χ0n) is 12.3. The summed E-state index contributed by atoms with van der Waals surface area (Å²) < 4.78 is 27.1. The summed E-state index contributed by atoms with van der Waals surface area (Å²) in [5.41, 5.74) is 2.91. The number of halogens is 2. The van der Waals surface area contributed by atoms with Gasteiger partial charge in [-0.3, -0.25) is 4.90 Å². The van der Waals surface area contributed by atoms with E-state index in [9.17, 15) is 8.78 Å². The number of aliphatic hydroxyl groups is 1. The highest BCUT2D eigenvalue weighted by molar-refractivity contribution is 5.85. The molecular formula is C16H20F2N2O. The number of fused-ring (bicyclic) bond motifs is 3. The van der Waals surface area contributed by atoms with Gasteiger partial charge in [-0.25, -0.2) is 8.78 Å². The molecule has 3 nitrogen and oxygen atoms in total. The minimum Gasteiger partial charge on any atom is -0.390 e. The number of H-pyrrole nitrogens is 1. The Morgan fingerprint density at radius 3 is 2.76 bits per heavy atom. The SMILES string of the molecule is CC1(C)Cc2c([nH]c3ccccc23)CN1CC(F)(F)CO. The zero-order chi connectivity index (χ0) is 15.3. The molecule has 0 saturated heterocycles. The van der Waals surface area contributed by atoms with Crippen LogP contribution in [0, 0.1) is 0 Å². The molecule has 0 aliphatic carbocycles. The lowest BCUT2D eigenvalue weighted by Crippen LogP contribution is -2.53. The Kier molecular flexibility index (Phi) is 3.30. The van der Waals surface area contributed by atoms with E-state index in [4.69, 9.17) is 5.11 Å². The van der Waals surface area contributed by atoms with Crippen LogP contribution in [0.4, 0.5) is 8.78 Å². The van der Waals surface area contributed by atoms with Crippen LogP contribution in [0.15, 0.2) is 24.3 Å². The monoisotopic (exact) mass is 294 g/mol. The van der Waals surface area contributed by atoms with Gasteiger partial charge >= 0.3 is 0 Å². The van der Waals surface area contributed by atoms with Crippen molar-refractivity contribution in [1.29, 1.82) is 0 Å². The largest absolute Gasteiger partial charge is 0.390 e. The van der Waals surface area contributed by atoms with Crippen molar-refractivity contribution in [3.8, 4) is 0 Å². The second-order valence-electron chi connectivity index (χ2n) is 6.49. The number of rotatable bonds is 3. The highest BCUT2D eigenvalue weighted by atomic mass is 19.3. The first-order valence-electron chi connectivity index (χ1n) is 7.15. The number of aromatic amines is 1. The molecule has 0 atom stereocenters. The van der Waals surface area contributed by atoms with Gasteiger partial charge in [0.1, 0.15) is 6.61 Å². The predicted molar refractivity (Wildman–Crippen MR) is 78.5 cm³/mol.